The molecule has 1 aliphatic heterocycles. The number of alkyl carbamates (subject to hydrolysis) is 2. The third-order valence-electron chi connectivity index (χ3n) is 5.16. The predicted octanol–water partition coefficient (Wildman–Crippen LogP) is 4.06. The second-order valence-electron chi connectivity index (χ2n) is 10.8. The van der Waals surface area contributed by atoms with Crippen LogP contribution in [0.5, 0.6) is 0 Å². The van der Waals surface area contributed by atoms with Crippen molar-refractivity contribution in [1.82, 2.24) is 20.4 Å². The van der Waals surface area contributed by atoms with Crippen LogP contribution in [0.2, 0.25) is 0 Å². The van der Waals surface area contributed by atoms with E-state index in [4.69, 9.17) is 9.47 Å². The molecule has 0 fully saturated rings. The van der Waals surface area contributed by atoms with Crippen molar-refractivity contribution in [3.05, 3.63) is 35.4 Å². The molecule has 0 saturated carbocycles. The minimum Gasteiger partial charge on any atom is -0.430 e. The lowest BCUT2D eigenvalue weighted by Crippen LogP contribution is -2.67. The van der Waals surface area contributed by atoms with E-state index < -0.39 is 47.2 Å². The second-order valence-corrected chi connectivity index (χ2v) is 10.8. The maximum Gasteiger partial charge on any atom is 0.410 e. The molecule has 1 aromatic carbocycles. The third-order valence-corrected chi connectivity index (χ3v) is 5.16. The van der Waals surface area contributed by atoms with Crippen LogP contribution in [0.25, 0.3) is 0 Å². The van der Waals surface area contributed by atoms with Gasteiger partial charge in [0, 0.05) is 24.5 Å². The number of carbonyl (C=O) groups excluding carboxylic acids is 4. The molecule has 1 aliphatic rings. The van der Waals surface area contributed by atoms with E-state index in [0.717, 1.165) is 4.90 Å². The van der Waals surface area contributed by atoms with Crippen molar-refractivity contribution < 1.29 is 28.7 Å². The summed E-state index contributed by atoms with van der Waals surface area (Å²) in [6, 6.07) is 6.41. The van der Waals surface area contributed by atoms with Gasteiger partial charge in [-0.25, -0.2) is 19.4 Å². The maximum absolute atomic E-state index is 13.4. The summed E-state index contributed by atoms with van der Waals surface area (Å²) in [6.45, 7) is 15.9. The fourth-order valence-corrected chi connectivity index (χ4v) is 3.83. The Balaban J connectivity index is 2.52. The number of amides is 4. The Kier molecular flexibility index (Phi) is 8.21. The second kappa shape index (κ2) is 10.2. The van der Waals surface area contributed by atoms with Crippen molar-refractivity contribution in [2.45, 2.75) is 91.9 Å². The van der Waals surface area contributed by atoms with E-state index in [9.17, 15) is 19.2 Å². The quantitative estimate of drug-likeness (QED) is 0.437. The number of carbonyl (C=O) groups is 4. The molecule has 2 rings (SSSR count). The van der Waals surface area contributed by atoms with Gasteiger partial charge in [-0.3, -0.25) is 9.59 Å². The lowest BCUT2D eigenvalue weighted by atomic mass is 10.1. The van der Waals surface area contributed by atoms with Gasteiger partial charge < -0.3 is 20.1 Å². The van der Waals surface area contributed by atoms with Crippen LogP contribution in [0.1, 0.15) is 89.5 Å². The topological polar surface area (TPSA) is 117 Å². The van der Waals surface area contributed by atoms with Crippen LogP contribution in [0.4, 0.5) is 9.59 Å². The molecular weight excluding hydrogens is 452 g/mol. The zero-order valence-electron chi connectivity index (χ0n) is 22.1. The van der Waals surface area contributed by atoms with Gasteiger partial charge in [0.1, 0.15) is 0 Å². The molecule has 0 aromatic heterocycles. The molecule has 0 bridgehead atoms. The van der Waals surface area contributed by atoms with Gasteiger partial charge in [0.15, 0.2) is 6.23 Å². The van der Waals surface area contributed by atoms with E-state index in [2.05, 4.69) is 10.6 Å². The fraction of sp³-hybridized carbons (Fsp3) is 0.600. The zero-order valence-corrected chi connectivity index (χ0v) is 22.1. The lowest BCUT2D eigenvalue weighted by Gasteiger charge is -2.46. The van der Waals surface area contributed by atoms with Crippen molar-refractivity contribution in [3.63, 3.8) is 0 Å². The van der Waals surface area contributed by atoms with Crippen LogP contribution in [-0.2, 0) is 9.47 Å². The molecule has 0 saturated heterocycles. The highest BCUT2D eigenvalue weighted by Crippen LogP contribution is 2.34. The molecular formula is C25H38N4O6. The number of rotatable bonds is 7. The number of imide groups is 1. The van der Waals surface area contributed by atoms with E-state index in [1.165, 1.54) is 11.8 Å². The van der Waals surface area contributed by atoms with Crippen LogP contribution in [0, 0.1) is 0 Å². The summed E-state index contributed by atoms with van der Waals surface area (Å²) in [5.74, 6) is -3.12. The number of benzene rings is 1. The average Bonchev–Trinajstić information content (AvgIpc) is 2.94. The summed E-state index contributed by atoms with van der Waals surface area (Å²) in [4.78, 5) is 54.7. The van der Waals surface area contributed by atoms with Crippen LogP contribution in [0.3, 0.4) is 0 Å². The zero-order chi connectivity index (χ0) is 26.8. The van der Waals surface area contributed by atoms with Gasteiger partial charge in [-0.05, 0) is 67.0 Å². The Morgan fingerprint density at radius 2 is 1.37 bits per heavy atom. The monoisotopic (exact) mass is 490 g/mol. The minimum atomic E-state index is -1.90. The largest absolute Gasteiger partial charge is 0.430 e. The summed E-state index contributed by atoms with van der Waals surface area (Å²) in [6.07, 6.45) is -1.93. The van der Waals surface area contributed by atoms with Crippen molar-refractivity contribution in [1.29, 1.82) is 0 Å². The molecule has 4 amide bonds. The van der Waals surface area contributed by atoms with Crippen molar-refractivity contribution >= 4 is 24.0 Å². The molecule has 2 atom stereocenters. The van der Waals surface area contributed by atoms with Crippen LogP contribution in [-0.4, -0.2) is 63.5 Å². The molecule has 1 heterocycles. The first kappa shape index (κ1) is 28.1. The molecule has 35 heavy (non-hydrogen) atoms. The highest BCUT2D eigenvalue weighted by molar-refractivity contribution is 6.21. The van der Waals surface area contributed by atoms with Crippen LogP contribution < -0.4 is 10.6 Å². The SMILES string of the molecule is CCCN(C(C)OC(=O)NC(C)(C)C)C(C)(OC(=O)NC(C)(C)C)N1C(=O)c2ccccc2C1=O. The molecule has 10 heteroatoms. The van der Waals surface area contributed by atoms with Crippen LogP contribution in [0.15, 0.2) is 24.3 Å². The fourth-order valence-electron chi connectivity index (χ4n) is 3.83. The third kappa shape index (κ3) is 6.72. The smallest absolute Gasteiger partial charge is 0.410 e. The molecule has 1 aromatic rings. The first-order valence-electron chi connectivity index (χ1n) is 11.7. The molecule has 10 nitrogen and oxygen atoms in total. The Bertz CT molecular complexity index is 946. The van der Waals surface area contributed by atoms with Crippen molar-refractivity contribution in [2.75, 3.05) is 6.54 Å². The van der Waals surface area contributed by atoms with Gasteiger partial charge in [-0.2, -0.15) is 0 Å². The van der Waals surface area contributed by atoms with Gasteiger partial charge in [0.25, 0.3) is 17.7 Å². The molecule has 0 radical (unpaired) electrons. The number of nitrogens with zero attached hydrogens (tertiary/aromatic N) is 2. The Labute approximate surface area is 207 Å². The summed E-state index contributed by atoms with van der Waals surface area (Å²) in [7, 11) is 0. The predicted molar refractivity (Wildman–Crippen MR) is 131 cm³/mol. The Hall–Kier alpha value is -3.14. The molecule has 194 valence electrons. The summed E-state index contributed by atoms with van der Waals surface area (Å²) in [5, 5.41) is 5.42. The molecule has 0 spiro atoms. The van der Waals surface area contributed by atoms with Crippen molar-refractivity contribution in [2.24, 2.45) is 0 Å². The van der Waals surface area contributed by atoms with Gasteiger partial charge in [0.2, 0.25) is 0 Å². The number of hydrogen-bond donors (Lipinski definition) is 2. The summed E-state index contributed by atoms with van der Waals surface area (Å²) >= 11 is 0. The number of nitrogens with one attached hydrogen (secondary N) is 2. The normalized spacial score (nSPS) is 16.5. The van der Waals surface area contributed by atoms with Gasteiger partial charge in [0.05, 0.1) is 11.1 Å². The van der Waals surface area contributed by atoms with Gasteiger partial charge >= 0.3 is 12.2 Å². The first-order chi connectivity index (χ1) is 16.0. The first-order valence-corrected chi connectivity index (χ1v) is 11.7. The standard InChI is InChI=1S/C25H38N4O6/c1-10-15-28(16(2)34-21(32)26-23(3,4)5)25(9,35-22(33)27-24(6,7)8)29-19(30)17-13-11-12-14-18(17)20(29)31/h11-14,16H,10,15H2,1-9H3,(H,26,32)(H,27,33). The number of ether oxygens (including phenoxy) is 2. The molecule has 2 unspecified atom stereocenters. The summed E-state index contributed by atoms with van der Waals surface area (Å²) in [5.41, 5.74) is -0.760. The van der Waals surface area contributed by atoms with Gasteiger partial charge in [-0.15, -0.1) is 0 Å². The molecule has 2 N–H and O–H groups in total. The van der Waals surface area contributed by atoms with Crippen LogP contribution >= 0.6 is 0 Å². The molecule has 0 aliphatic carbocycles. The minimum absolute atomic E-state index is 0.207. The highest BCUT2D eigenvalue weighted by Gasteiger charge is 2.54. The highest BCUT2D eigenvalue weighted by atomic mass is 16.6. The maximum atomic E-state index is 13.4. The van der Waals surface area contributed by atoms with E-state index in [1.54, 1.807) is 52.0 Å². The van der Waals surface area contributed by atoms with E-state index >= 15 is 0 Å². The van der Waals surface area contributed by atoms with Crippen molar-refractivity contribution in [3.8, 4) is 0 Å². The summed E-state index contributed by atoms with van der Waals surface area (Å²) < 4.78 is 11.4. The van der Waals surface area contributed by atoms with E-state index in [0.29, 0.717) is 6.42 Å². The Morgan fingerprint density at radius 1 is 0.914 bits per heavy atom. The average molecular weight is 491 g/mol. The lowest BCUT2D eigenvalue weighted by molar-refractivity contribution is -0.211. The number of hydrogen-bond acceptors (Lipinski definition) is 7. The number of fused-ring (bicyclic) bond motifs is 1. The van der Waals surface area contributed by atoms with E-state index in [-0.39, 0.29) is 17.7 Å². The Morgan fingerprint density at radius 3 is 1.80 bits per heavy atom. The van der Waals surface area contributed by atoms with E-state index in [1.807, 2.05) is 27.7 Å². The van der Waals surface area contributed by atoms with Gasteiger partial charge in [-0.1, -0.05) is 19.1 Å².